The molecule has 0 saturated heterocycles. The van der Waals surface area contributed by atoms with Gasteiger partial charge in [-0.25, -0.2) is 0 Å². The fourth-order valence-corrected chi connectivity index (χ4v) is 6.90. The Morgan fingerprint density at radius 1 is 0.705 bits per heavy atom. The van der Waals surface area contributed by atoms with Crippen LogP contribution in [0.15, 0.2) is 156 Å². The number of para-hydroxylation sites is 2. The molecule has 0 bridgehead atoms. The highest BCUT2D eigenvalue weighted by Gasteiger charge is 2.24. The third-order valence-electron chi connectivity index (χ3n) is 9.01. The molecule has 0 amide bonds. The van der Waals surface area contributed by atoms with Crippen molar-refractivity contribution >= 4 is 49.4 Å². The maximum atomic E-state index is 6.10. The largest absolute Gasteiger partial charge is 0.456 e. The van der Waals surface area contributed by atoms with Crippen LogP contribution in [0.2, 0.25) is 0 Å². The molecule has 1 aliphatic heterocycles. The van der Waals surface area contributed by atoms with Crippen molar-refractivity contribution in [3.05, 3.63) is 157 Å². The van der Waals surface area contributed by atoms with E-state index >= 15 is 0 Å². The minimum atomic E-state index is -0.0757. The van der Waals surface area contributed by atoms with E-state index in [0.717, 1.165) is 39.8 Å². The van der Waals surface area contributed by atoms with Gasteiger partial charge < -0.3 is 14.3 Å². The number of benzene rings is 4. The van der Waals surface area contributed by atoms with E-state index in [4.69, 9.17) is 9.40 Å². The van der Waals surface area contributed by atoms with Gasteiger partial charge in [0.25, 0.3) is 0 Å². The summed E-state index contributed by atoms with van der Waals surface area (Å²) in [7, 11) is 0. The highest BCUT2D eigenvalue weighted by atomic mass is 16.3. The topological polar surface area (TPSA) is 43.0 Å². The Labute approximate surface area is 254 Å². The standard InChI is InChI=1S/C40H29N3O/c1-2-10-26(11-3-1)29-24-35(34-14-8-9-21-41-34)42-40(25-29)43-36-15-6-4-12-30(36)32-22-27(17-19-37(32)43)28-18-20-39-33(23-28)31-13-5-7-16-38(31)44-39/h1-10,12-26,40,42H,11H2. The molecule has 4 heteroatoms. The van der Waals surface area contributed by atoms with Crippen molar-refractivity contribution in [3.63, 3.8) is 0 Å². The molecule has 44 heavy (non-hydrogen) atoms. The van der Waals surface area contributed by atoms with E-state index < -0.39 is 0 Å². The highest BCUT2D eigenvalue weighted by Crippen LogP contribution is 2.39. The predicted octanol–water partition coefficient (Wildman–Crippen LogP) is 9.96. The van der Waals surface area contributed by atoms with Crippen LogP contribution >= 0.6 is 0 Å². The van der Waals surface area contributed by atoms with Crippen molar-refractivity contribution in [1.29, 1.82) is 0 Å². The first-order valence-corrected chi connectivity index (χ1v) is 15.2. The quantitative estimate of drug-likeness (QED) is 0.230. The number of aromatic nitrogens is 2. The summed E-state index contributed by atoms with van der Waals surface area (Å²) < 4.78 is 8.55. The fraction of sp³-hybridized carbons (Fsp3) is 0.0750. The number of allylic oxidation sites excluding steroid dienone is 6. The lowest BCUT2D eigenvalue weighted by Crippen LogP contribution is -2.28. The van der Waals surface area contributed by atoms with Crippen molar-refractivity contribution in [3.8, 4) is 11.1 Å². The summed E-state index contributed by atoms with van der Waals surface area (Å²) in [6.45, 7) is 0. The van der Waals surface area contributed by atoms with Gasteiger partial charge in [-0.05, 0) is 83.8 Å². The van der Waals surface area contributed by atoms with Gasteiger partial charge in [0, 0.05) is 33.7 Å². The smallest absolute Gasteiger partial charge is 0.135 e. The summed E-state index contributed by atoms with van der Waals surface area (Å²) in [4.78, 5) is 4.70. The molecule has 3 aromatic heterocycles. The van der Waals surface area contributed by atoms with E-state index in [1.807, 2.05) is 30.5 Å². The normalized spacial score (nSPS) is 18.2. The van der Waals surface area contributed by atoms with Crippen LogP contribution in [0.1, 0.15) is 18.3 Å². The molecule has 9 rings (SSSR count). The summed E-state index contributed by atoms with van der Waals surface area (Å²) in [5.74, 6) is 0.330. The van der Waals surface area contributed by atoms with Gasteiger partial charge in [0.05, 0.1) is 22.4 Å². The van der Waals surface area contributed by atoms with Crippen molar-refractivity contribution in [2.45, 2.75) is 12.6 Å². The number of hydrogen-bond acceptors (Lipinski definition) is 3. The third-order valence-corrected chi connectivity index (χ3v) is 9.01. The second kappa shape index (κ2) is 9.99. The molecule has 2 aliphatic rings. The first kappa shape index (κ1) is 24.9. The molecule has 2 atom stereocenters. The molecule has 2 unspecified atom stereocenters. The summed E-state index contributed by atoms with van der Waals surface area (Å²) >= 11 is 0. The van der Waals surface area contributed by atoms with Gasteiger partial charge in [0.15, 0.2) is 0 Å². The maximum Gasteiger partial charge on any atom is 0.135 e. The van der Waals surface area contributed by atoms with Crippen molar-refractivity contribution < 1.29 is 4.42 Å². The van der Waals surface area contributed by atoms with E-state index in [1.165, 1.54) is 38.5 Å². The van der Waals surface area contributed by atoms with Crippen LogP contribution in [-0.2, 0) is 0 Å². The molecule has 1 N–H and O–H groups in total. The molecule has 7 aromatic rings. The van der Waals surface area contributed by atoms with Gasteiger partial charge in [-0.2, -0.15) is 0 Å². The van der Waals surface area contributed by atoms with E-state index in [0.29, 0.717) is 5.92 Å². The first-order valence-electron chi connectivity index (χ1n) is 15.2. The van der Waals surface area contributed by atoms with Gasteiger partial charge in [-0.15, -0.1) is 0 Å². The number of rotatable bonds is 4. The number of nitrogens with one attached hydrogen (secondary N) is 1. The van der Waals surface area contributed by atoms with Crippen LogP contribution in [0.4, 0.5) is 0 Å². The SMILES string of the molecule is C1=CCC(C2=CC(n3c4ccccc4c4cc(-c5ccc6oc7ccccc7c6c5)ccc43)NC(c3ccccn3)=C2)C=C1. The highest BCUT2D eigenvalue weighted by molar-refractivity contribution is 6.10. The number of pyridine rings is 1. The molecule has 4 aromatic carbocycles. The zero-order chi connectivity index (χ0) is 29.0. The Bertz CT molecular complexity index is 2350. The van der Waals surface area contributed by atoms with Crippen LogP contribution < -0.4 is 5.32 Å². The zero-order valence-electron chi connectivity index (χ0n) is 24.0. The zero-order valence-corrected chi connectivity index (χ0v) is 24.0. The Hall–Kier alpha value is -5.61. The van der Waals surface area contributed by atoms with E-state index in [2.05, 4.69) is 125 Å². The lowest BCUT2D eigenvalue weighted by molar-refractivity contribution is 0.574. The van der Waals surface area contributed by atoms with Gasteiger partial charge >= 0.3 is 0 Å². The van der Waals surface area contributed by atoms with Crippen LogP contribution in [0.3, 0.4) is 0 Å². The molecular formula is C40H29N3O. The van der Waals surface area contributed by atoms with Crippen LogP contribution in [0.25, 0.3) is 60.6 Å². The van der Waals surface area contributed by atoms with Crippen LogP contribution in [0.5, 0.6) is 0 Å². The summed E-state index contributed by atoms with van der Waals surface area (Å²) in [5, 5.41) is 8.61. The van der Waals surface area contributed by atoms with Gasteiger partial charge in [-0.1, -0.05) is 78.9 Å². The van der Waals surface area contributed by atoms with Crippen LogP contribution in [-0.4, -0.2) is 9.55 Å². The van der Waals surface area contributed by atoms with Gasteiger partial charge in [-0.3, -0.25) is 4.98 Å². The second-order valence-electron chi connectivity index (χ2n) is 11.6. The molecular weight excluding hydrogens is 538 g/mol. The molecule has 0 fully saturated rings. The lowest BCUT2D eigenvalue weighted by atomic mass is 9.89. The average Bonchev–Trinajstić information content (AvgIpc) is 3.64. The average molecular weight is 568 g/mol. The first-order chi connectivity index (χ1) is 21.8. The Balaban J connectivity index is 1.20. The van der Waals surface area contributed by atoms with Crippen molar-refractivity contribution in [1.82, 2.24) is 14.9 Å². The minimum Gasteiger partial charge on any atom is -0.456 e. The lowest BCUT2D eigenvalue weighted by Gasteiger charge is -2.29. The van der Waals surface area contributed by atoms with Gasteiger partial charge in [0.2, 0.25) is 0 Å². The van der Waals surface area contributed by atoms with E-state index in [9.17, 15) is 0 Å². The fourth-order valence-electron chi connectivity index (χ4n) is 6.90. The molecule has 4 nitrogen and oxygen atoms in total. The van der Waals surface area contributed by atoms with E-state index in [-0.39, 0.29) is 6.17 Å². The molecule has 4 heterocycles. The second-order valence-corrected chi connectivity index (χ2v) is 11.6. The van der Waals surface area contributed by atoms with Crippen LogP contribution in [0, 0.1) is 5.92 Å². The summed E-state index contributed by atoms with van der Waals surface area (Å²) in [6.07, 6.45) is 16.3. The van der Waals surface area contributed by atoms with E-state index in [1.54, 1.807) is 0 Å². The molecule has 1 aliphatic carbocycles. The molecule has 210 valence electrons. The summed E-state index contributed by atoms with van der Waals surface area (Å²) in [6, 6.07) is 36.5. The molecule has 0 saturated carbocycles. The number of fused-ring (bicyclic) bond motifs is 6. The Kier molecular flexibility index (Phi) is 5.66. The van der Waals surface area contributed by atoms with Gasteiger partial charge in [0.1, 0.15) is 17.3 Å². The number of nitrogens with zero attached hydrogens (tertiary/aromatic N) is 2. The molecule has 0 spiro atoms. The minimum absolute atomic E-state index is 0.0757. The molecule has 0 radical (unpaired) electrons. The third kappa shape index (κ3) is 4.03. The Morgan fingerprint density at radius 3 is 2.34 bits per heavy atom. The number of dihydropyridines is 1. The number of furan rings is 1. The van der Waals surface area contributed by atoms with Crippen molar-refractivity contribution in [2.24, 2.45) is 5.92 Å². The maximum absolute atomic E-state index is 6.10. The Morgan fingerprint density at radius 2 is 1.48 bits per heavy atom. The monoisotopic (exact) mass is 567 g/mol. The number of hydrogen-bond donors (Lipinski definition) is 1. The predicted molar refractivity (Wildman–Crippen MR) is 181 cm³/mol. The summed E-state index contributed by atoms with van der Waals surface area (Å²) in [5.41, 5.74) is 9.89. The van der Waals surface area contributed by atoms with Crippen molar-refractivity contribution in [2.75, 3.05) is 0 Å².